The highest BCUT2D eigenvalue weighted by Gasteiger charge is 2.21. The van der Waals surface area contributed by atoms with E-state index < -0.39 is 0 Å². The van der Waals surface area contributed by atoms with Gasteiger partial charge in [-0.05, 0) is 90.0 Å². The van der Waals surface area contributed by atoms with E-state index in [4.69, 9.17) is 0 Å². The van der Waals surface area contributed by atoms with E-state index in [1.54, 1.807) is 0 Å². The maximum absolute atomic E-state index is 3.60. The summed E-state index contributed by atoms with van der Waals surface area (Å²) in [5.74, 6) is 0. The van der Waals surface area contributed by atoms with Gasteiger partial charge in [-0.3, -0.25) is 0 Å². The van der Waals surface area contributed by atoms with Crippen LogP contribution in [0.4, 0.5) is 5.69 Å². The molecule has 0 fully saturated rings. The van der Waals surface area contributed by atoms with Crippen molar-refractivity contribution < 1.29 is 0 Å². The number of rotatable bonds is 8. The van der Waals surface area contributed by atoms with E-state index in [1.807, 2.05) is 0 Å². The molecule has 2 aliphatic rings. The van der Waals surface area contributed by atoms with Crippen LogP contribution in [0.25, 0.3) is 11.1 Å². The third-order valence-corrected chi connectivity index (χ3v) is 7.40. The minimum Gasteiger partial charge on any atom is -0.359 e. The first-order valence-corrected chi connectivity index (χ1v) is 12.5. The van der Waals surface area contributed by atoms with Crippen molar-refractivity contribution in [3.63, 3.8) is 0 Å². The first-order valence-electron chi connectivity index (χ1n) is 12.5. The van der Waals surface area contributed by atoms with Crippen LogP contribution in [0.15, 0.2) is 108 Å². The van der Waals surface area contributed by atoms with Crippen LogP contribution in [0.2, 0.25) is 0 Å². The van der Waals surface area contributed by atoms with Crippen molar-refractivity contribution in [3.8, 4) is 11.1 Å². The van der Waals surface area contributed by atoms with Crippen LogP contribution in [0.3, 0.4) is 0 Å². The van der Waals surface area contributed by atoms with Gasteiger partial charge < -0.3 is 5.32 Å². The van der Waals surface area contributed by atoms with Crippen LogP contribution in [-0.2, 0) is 5.41 Å². The number of anilines is 1. The molecule has 0 bridgehead atoms. The summed E-state index contributed by atoms with van der Waals surface area (Å²) >= 11 is 0. The summed E-state index contributed by atoms with van der Waals surface area (Å²) in [6.45, 7) is 6.93. The Morgan fingerprint density at radius 1 is 0.758 bits per heavy atom. The lowest BCUT2D eigenvalue weighted by Crippen LogP contribution is -2.19. The molecule has 0 atom stereocenters. The van der Waals surface area contributed by atoms with E-state index in [0.29, 0.717) is 0 Å². The van der Waals surface area contributed by atoms with Crippen molar-refractivity contribution in [2.24, 2.45) is 0 Å². The van der Waals surface area contributed by atoms with Crippen molar-refractivity contribution in [2.75, 3.05) is 5.32 Å². The highest BCUT2D eigenvalue weighted by molar-refractivity contribution is 5.67. The van der Waals surface area contributed by atoms with E-state index in [0.717, 1.165) is 31.4 Å². The lowest BCUT2D eigenvalue weighted by Gasteiger charge is -2.27. The zero-order valence-corrected chi connectivity index (χ0v) is 20.4. The lowest BCUT2D eigenvalue weighted by molar-refractivity contribution is 0.439. The van der Waals surface area contributed by atoms with Gasteiger partial charge in [-0.15, -0.1) is 0 Å². The van der Waals surface area contributed by atoms with Gasteiger partial charge in [-0.2, -0.15) is 0 Å². The zero-order chi connectivity index (χ0) is 23.1. The molecule has 4 rings (SSSR count). The Hall–Kier alpha value is -3.06. The van der Waals surface area contributed by atoms with Crippen molar-refractivity contribution in [3.05, 3.63) is 113 Å². The monoisotopic (exact) mass is 435 g/mol. The molecule has 0 spiro atoms. The predicted octanol–water partition coefficient (Wildman–Crippen LogP) is 9.28. The smallest absolute Gasteiger partial charge is 0.0382 e. The fraction of sp³-hybridized carbons (Fsp3) is 0.312. The summed E-state index contributed by atoms with van der Waals surface area (Å²) in [5.41, 5.74) is 9.50. The van der Waals surface area contributed by atoms with E-state index in [9.17, 15) is 0 Å². The SMILES string of the molecule is CCC(C)(CC)c1ccc(-c2ccc(NC3=CC=C(/C=C/C4=CC=CCC4)CC3)cc2)cc1. The average Bonchev–Trinajstić information content (AvgIpc) is 2.89. The van der Waals surface area contributed by atoms with Crippen LogP contribution in [0.1, 0.15) is 64.9 Å². The highest BCUT2D eigenvalue weighted by atomic mass is 14.9. The van der Waals surface area contributed by atoms with Crippen LogP contribution in [0, 0.1) is 0 Å². The van der Waals surface area contributed by atoms with Gasteiger partial charge in [-0.1, -0.05) is 93.6 Å². The van der Waals surface area contributed by atoms with Crippen LogP contribution in [-0.4, -0.2) is 0 Å². The Kier molecular flexibility index (Phi) is 7.50. The molecule has 0 aromatic heterocycles. The number of hydrogen-bond acceptors (Lipinski definition) is 1. The van der Waals surface area contributed by atoms with Crippen molar-refractivity contribution >= 4 is 5.69 Å². The number of nitrogens with one attached hydrogen (secondary N) is 1. The molecule has 0 heterocycles. The minimum atomic E-state index is 0.272. The summed E-state index contributed by atoms with van der Waals surface area (Å²) in [6.07, 6.45) is 22.4. The molecule has 0 saturated heterocycles. The van der Waals surface area contributed by atoms with Crippen LogP contribution < -0.4 is 5.32 Å². The van der Waals surface area contributed by atoms with Gasteiger partial charge in [0.2, 0.25) is 0 Å². The largest absolute Gasteiger partial charge is 0.359 e. The first kappa shape index (κ1) is 23.1. The Labute approximate surface area is 200 Å². The minimum absolute atomic E-state index is 0.272. The lowest BCUT2D eigenvalue weighted by atomic mass is 9.77. The van der Waals surface area contributed by atoms with Gasteiger partial charge >= 0.3 is 0 Å². The summed E-state index contributed by atoms with van der Waals surface area (Å²) in [4.78, 5) is 0. The fourth-order valence-electron chi connectivity index (χ4n) is 4.53. The quantitative estimate of drug-likeness (QED) is 0.435. The van der Waals surface area contributed by atoms with Gasteiger partial charge in [0.25, 0.3) is 0 Å². The topological polar surface area (TPSA) is 12.0 Å². The molecular formula is C32H37N. The number of benzene rings is 2. The first-order chi connectivity index (χ1) is 16.1. The zero-order valence-electron chi connectivity index (χ0n) is 20.4. The molecule has 2 aromatic rings. The maximum atomic E-state index is 3.60. The molecule has 0 amide bonds. The molecule has 170 valence electrons. The number of allylic oxidation sites excluding steroid dienone is 10. The molecule has 33 heavy (non-hydrogen) atoms. The summed E-state index contributed by atoms with van der Waals surface area (Å²) in [6, 6.07) is 18.0. The summed E-state index contributed by atoms with van der Waals surface area (Å²) < 4.78 is 0. The third kappa shape index (κ3) is 5.85. The van der Waals surface area contributed by atoms with E-state index >= 15 is 0 Å². The average molecular weight is 436 g/mol. The van der Waals surface area contributed by atoms with Gasteiger partial charge in [0, 0.05) is 11.4 Å². The molecule has 0 aliphatic heterocycles. The molecular weight excluding hydrogens is 398 g/mol. The second-order valence-electron chi connectivity index (χ2n) is 9.52. The molecule has 1 nitrogen and oxygen atoms in total. The van der Waals surface area contributed by atoms with Crippen LogP contribution >= 0.6 is 0 Å². The van der Waals surface area contributed by atoms with Gasteiger partial charge in [-0.25, -0.2) is 0 Å². The molecule has 0 radical (unpaired) electrons. The second-order valence-corrected chi connectivity index (χ2v) is 9.52. The maximum Gasteiger partial charge on any atom is 0.0382 e. The standard InChI is InChI=1S/C32H37N/c1-4-32(3,5-2)29-19-15-27(16-20-29)28-17-23-31(24-18-28)33-30-21-13-26(14-22-30)12-11-25-9-7-6-8-10-25/h6-7,9,11-13,15-21,23-24,33H,4-5,8,10,14,22H2,1-3H3/b12-11+. The molecule has 2 aliphatic carbocycles. The summed E-state index contributed by atoms with van der Waals surface area (Å²) in [7, 11) is 0. The molecule has 1 heteroatoms. The Morgan fingerprint density at radius 2 is 1.39 bits per heavy atom. The van der Waals surface area contributed by atoms with E-state index in [2.05, 4.69) is 117 Å². The third-order valence-electron chi connectivity index (χ3n) is 7.40. The molecule has 0 unspecified atom stereocenters. The molecule has 2 aromatic carbocycles. The molecule has 0 saturated carbocycles. The van der Waals surface area contributed by atoms with Crippen molar-refractivity contribution in [1.29, 1.82) is 0 Å². The Balaban J connectivity index is 1.37. The van der Waals surface area contributed by atoms with Gasteiger partial charge in [0.1, 0.15) is 0 Å². The van der Waals surface area contributed by atoms with E-state index in [-0.39, 0.29) is 5.41 Å². The van der Waals surface area contributed by atoms with Crippen molar-refractivity contribution in [1.82, 2.24) is 0 Å². The van der Waals surface area contributed by atoms with Crippen molar-refractivity contribution in [2.45, 2.75) is 64.7 Å². The molecule has 1 N–H and O–H groups in total. The van der Waals surface area contributed by atoms with E-state index in [1.165, 1.54) is 46.4 Å². The number of hydrogen-bond donors (Lipinski definition) is 1. The Morgan fingerprint density at radius 3 is 1.94 bits per heavy atom. The Bertz CT molecular complexity index is 1080. The van der Waals surface area contributed by atoms with Crippen LogP contribution in [0.5, 0.6) is 0 Å². The normalized spacial score (nSPS) is 16.4. The van der Waals surface area contributed by atoms with Gasteiger partial charge in [0.05, 0.1) is 0 Å². The summed E-state index contributed by atoms with van der Waals surface area (Å²) in [5, 5.41) is 3.60. The second kappa shape index (κ2) is 10.7. The predicted molar refractivity (Wildman–Crippen MR) is 144 cm³/mol. The fourth-order valence-corrected chi connectivity index (χ4v) is 4.53. The highest BCUT2D eigenvalue weighted by Crippen LogP contribution is 2.33. The van der Waals surface area contributed by atoms with Gasteiger partial charge in [0.15, 0.2) is 0 Å².